The van der Waals surface area contributed by atoms with Gasteiger partial charge in [0.2, 0.25) is 0 Å². The molecule has 0 aliphatic carbocycles. The van der Waals surface area contributed by atoms with Gasteiger partial charge in [-0.3, -0.25) is 10.2 Å². The molecule has 2 aromatic carbocycles. The van der Waals surface area contributed by atoms with E-state index in [1.165, 1.54) is 20.0 Å². The van der Waals surface area contributed by atoms with Crippen LogP contribution in [0.2, 0.25) is 0 Å². The van der Waals surface area contributed by atoms with Crippen molar-refractivity contribution in [2.24, 2.45) is 5.16 Å². The van der Waals surface area contributed by atoms with Gasteiger partial charge < -0.3 is 15.3 Å². The molecule has 0 radical (unpaired) electrons. The van der Waals surface area contributed by atoms with Gasteiger partial charge in [-0.25, -0.2) is 0 Å². The Morgan fingerprint density at radius 1 is 1.16 bits per heavy atom. The highest BCUT2D eigenvalue weighted by molar-refractivity contribution is 6.44. The minimum Gasteiger partial charge on any atom is -0.400 e. The average Bonchev–Trinajstić information content (AvgIpc) is 2.74. The van der Waals surface area contributed by atoms with Crippen molar-refractivity contribution in [1.29, 1.82) is 5.41 Å². The molecule has 0 heterocycles. The number of likely N-dealkylation sites (N-methyl/N-ethyl adjacent to an activating group) is 1. The number of nitrogens with zero attached hydrogens (tertiary/aromatic N) is 1. The molecular weight excluding hydrogens is 411 g/mol. The highest BCUT2D eigenvalue weighted by atomic mass is 19.4. The molecule has 1 amide bonds. The van der Waals surface area contributed by atoms with Crippen LogP contribution in [0.1, 0.15) is 40.3 Å². The third-order valence-electron chi connectivity index (χ3n) is 4.50. The highest BCUT2D eigenvalue weighted by Crippen LogP contribution is 2.32. The van der Waals surface area contributed by atoms with Crippen molar-refractivity contribution in [3.05, 3.63) is 69.8 Å². The molecule has 0 unspecified atom stereocenters. The van der Waals surface area contributed by atoms with Crippen LogP contribution in [0, 0.1) is 19.3 Å². The average molecular weight is 437 g/mol. The fourth-order valence-electron chi connectivity index (χ4n) is 2.77. The van der Waals surface area contributed by atoms with Gasteiger partial charge >= 0.3 is 6.18 Å². The number of aliphatic hydroxyl groups excluding tert-OH is 1. The molecule has 0 fully saturated rings. The number of rotatable bonds is 6. The van der Waals surface area contributed by atoms with E-state index < -0.39 is 17.6 Å². The smallest absolute Gasteiger partial charge is 0.400 e. The van der Waals surface area contributed by atoms with Crippen LogP contribution in [-0.2, 0) is 22.4 Å². The minimum atomic E-state index is -4.45. The van der Waals surface area contributed by atoms with Gasteiger partial charge in [0, 0.05) is 25.3 Å². The second kappa shape index (κ2) is 11.3. The van der Waals surface area contributed by atoms with Crippen LogP contribution < -0.4 is 5.32 Å². The molecule has 2 rings (SSSR count). The molecule has 3 N–H and O–H groups in total. The monoisotopic (exact) mass is 437 g/mol. The van der Waals surface area contributed by atoms with E-state index in [1.807, 2.05) is 13.0 Å². The molecule has 9 heteroatoms. The molecule has 168 valence electrons. The Morgan fingerprint density at radius 3 is 2.39 bits per heavy atom. The summed E-state index contributed by atoms with van der Waals surface area (Å²) < 4.78 is 39.3. The van der Waals surface area contributed by atoms with Crippen molar-refractivity contribution in [2.45, 2.75) is 33.6 Å². The van der Waals surface area contributed by atoms with Crippen molar-refractivity contribution in [1.82, 2.24) is 5.32 Å². The van der Waals surface area contributed by atoms with Crippen molar-refractivity contribution in [2.75, 3.05) is 14.2 Å². The van der Waals surface area contributed by atoms with Gasteiger partial charge in [-0.15, -0.1) is 0 Å². The van der Waals surface area contributed by atoms with Crippen molar-refractivity contribution >= 4 is 17.3 Å². The third-order valence-corrected chi connectivity index (χ3v) is 4.50. The lowest BCUT2D eigenvalue weighted by atomic mass is 9.98. The normalized spacial score (nSPS) is 11.3. The Hall–Kier alpha value is -3.20. The summed E-state index contributed by atoms with van der Waals surface area (Å²) in [7, 11) is 2.44. The summed E-state index contributed by atoms with van der Waals surface area (Å²) in [5.74, 6) is -0.532. The van der Waals surface area contributed by atoms with E-state index in [2.05, 4.69) is 10.5 Å². The molecule has 31 heavy (non-hydrogen) atoms. The van der Waals surface area contributed by atoms with E-state index >= 15 is 0 Å². The SMILES string of the molecule is CNC(=O)C(=N)c1cccc(C)c1CO/N=C(\C)c1ccc(C)c(C(F)(F)F)c1.CO. The number of amides is 1. The summed E-state index contributed by atoms with van der Waals surface area (Å²) in [5.41, 5.74) is 1.61. The zero-order valence-corrected chi connectivity index (χ0v) is 18.0. The summed E-state index contributed by atoms with van der Waals surface area (Å²) in [6.45, 7) is 4.73. The number of benzene rings is 2. The molecule has 6 nitrogen and oxygen atoms in total. The van der Waals surface area contributed by atoms with Gasteiger partial charge in [-0.05, 0) is 43.5 Å². The standard InChI is InChI=1S/C21H22F3N3O2.CH4O/c1-12-6-5-7-16(19(25)20(28)26-4)17(12)11-29-27-14(3)15-9-8-13(2)18(10-15)21(22,23)24;1-2/h5-10,25H,11H2,1-4H3,(H,26,28);2H,1H3/b25-19?,27-14+;. The molecule has 2 aromatic rings. The topological polar surface area (TPSA) is 94.8 Å². The molecule has 0 saturated carbocycles. The predicted octanol–water partition coefficient (Wildman–Crippen LogP) is 3.99. The fraction of sp³-hybridized carbons (Fsp3) is 0.318. The molecule has 0 saturated heterocycles. The lowest BCUT2D eigenvalue weighted by molar-refractivity contribution is -0.138. The van der Waals surface area contributed by atoms with Gasteiger partial charge in [-0.2, -0.15) is 13.2 Å². The Balaban J connectivity index is 0.00000233. The molecule has 0 aliphatic heterocycles. The quantitative estimate of drug-likeness (QED) is 0.471. The maximum atomic E-state index is 13.1. The molecular formula is C22H26F3N3O3. The van der Waals surface area contributed by atoms with Crippen LogP contribution in [0.4, 0.5) is 13.2 Å². The number of oxime groups is 1. The van der Waals surface area contributed by atoms with Gasteiger partial charge in [-0.1, -0.05) is 35.5 Å². The van der Waals surface area contributed by atoms with E-state index in [-0.39, 0.29) is 23.6 Å². The van der Waals surface area contributed by atoms with Gasteiger partial charge in [0.15, 0.2) is 0 Å². The predicted molar refractivity (Wildman–Crippen MR) is 113 cm³/mol. The Bertz CT molecular complexity index is 970. The molecule has 0 bridgehead atoms. The lowest BCUT2D eigenvalue weighted by Gasteiger charge is -2.13. The highest BCUT2D eigenvalue weighted by Gasteiger charge is 2.32. The maximum absolute atomic E-state index is 13.1. The number of hydrogen-bond acceptors (Lipinski definition) is 5. The second-order valence-corrected chi connectivity index (χ2v) is 6.53. The van der Waals surface area contributed by atoms with E-state index in [4.69, 9.17) is 15.4 Å². The Morgan fingerprint density at radius 2 is 1.81 bits per heavy atom. The van der Waals surface area contributed by atoms with Crippen LogP contribution in [-0.4, -0.2) is 36.6 Å². The third kappa shape index (κ3) is 6.65. The molecule has 0 aliphatic rings. The summed E-state index contributed by atoms with van der Waals surface area (Å²) >= 11 is 0. The van der Waals surface area contributed by atoms with E-state index in [0.29, 0.717) is 16.7 Å². The van der Waals surface area contributed by atoms with Crippen LogP contribution in [0.3, 0.4) is 0 Å². The van der Waals surface area contributed by atoms with Gasteiger partial charge in [0.25, 0.3) is 5.91 Å². The number of aliphatic hydroxyl groups is 1. The first-order chi connectivity index (χ1) is 14.6. The Labute approximate surface area is 179 Å². The van der Waals surface area contributed by atoms with Crippen molar-refractivity contribution < 1.29 is 27.9 Å². The number of carbonyl (C=O) groups excluding carboxylic acids is 1. The molecule has 0 aromatic heterocycles. The first-order valence-electron chi connectivity index (χ1n) is 9.25. The lowest BCUT2D eigenvalue weighted by Crippen LogP contribution is -2.28. The van der Waals surface area contributed by atoms with Crippen molar-refractivity contribution in [3.63, 3.8) is 0 Å². The number of aryl methyl sites for hydroxylation is 2. The number of halogens is 3. The first-order valence-corrected chi connectivity index (χ1v) is 9.25. The van der Waals surface area contributed by atoms with Crippen molar-refractivity contribution in [3.8, 4) is 0 Å². The maximum Gasteiger partial charge on any atom is 0.416 e. The minimum absolute atomic E-state index is 0.0310. The van der Waals surface area contributed by atoms with Gasteiger partial charge in [0.05, 0.1) is 11.3 Å². The molecule has 0 atom stereocenters. The summed E-state index contributed by atoms with van der Waals surface area (Å²) in [5, 5.41) is 21.4. The van der Waals surface area contributed by atoms with E-state index in [9.17, 15) is 18.0 Å². The van der Waals surface area contributed by atoms with Crippen LogP contribution in [0.25, 0.3) is 0 Å². The molecule has 0 spiro atoms. The zero-order chi connectivity index (χ0) is 23.8. The second-order valence-electron chi connectivity index (χ2n) is 6.53. The number of alkyl halides is 3. The number of nitrogens with one attached hydrogen (secondary N) is 2. The van der Waals surface area contributed by atoms with E-state index in [1.54, 1.807) is 25.1 Å². The summed E-state index contributed by atoms with van der Waals surface area (Å²) in [4.78, 5) is 17.1. The summed E-state index contributed by atoms with van der Waals surface area (Å²) in [6, 6.07) is 9.15. The number of hydrogen-bond donors (Lipinski definition) is 3. The summed E-state index contributed by atoms with van der Waals surface area (Å²) in [6.07, 6.45) is -4.45. The van der Waals surface area contributed by atoms with E-state index in [0.717, 1.165) is 18.7 Å². The first kappa shape index (κ1) is 25.8. The zero-order valence-electron chi connectivity index (χ0n) is 18.0. The fourth-order valence-corrected chi connectivity index (χ4v) is 2.77. The van der Waals surface area contributed by atoms with Crippen LogP contribution in [0.15, 0.2) is 41.6 Å². The van der Waals surface area contributed by atoms with Gasteiger partial charge in [0.1, 0.15) is 12.3 Å². The Kier molecular flexibility index (Phi) is 9.39. The van der Waals surface area contributed by atoms with Crippen LogP contribution in [0.5, 0.6) is 0 Å². The largest absolute Gasteiger partial charge is 0.416 e. The number of carbonyl (C=O) groups is 1. The van der Waals surface area contributed by atoms with Crippen LogP contribution >= 0.6 is 0 Å².